The van der Waals surface area contributed by atoms with E-state index in [0.29, 0.717) is 24.5 Å². The van der Waals surface area contributed by atoms with Crippen LogP contribution >= 0.6 is 11.8 Å². The number of thioether (sulfide) groups is 1. The Hall–Kier alpha value is -2.21. The van der Waals surface area contributed by atoms with Crippen molar-refractivity contribution in [2.75, 3.05) is 42.6 Å². The summed E-state index contributed by atoms with van der Waals surface area (Å²) in [4.78, 5) is 21.7. The predicted octanol–water partition coefficient (Wildman–Crippen LogP) is 3.24. The van der Waals surface area contributed by atoms with Crippen LogP contribution in [0.4, 0.5) is 5.69 Å². The Balaban J connectivity index is 1.42. The van der Waals surface area contributed by atoms with Crippen LogP contribution in [0.15, 0.2) is 42.6 Å². The number of hydrogen-bond donors (Lipinski definition) is 0. The van der Waals surface area contributed by atoms with Crippen LogP contribution in [0.3, 0.4) is 0 Å². The van der Waals surface area contributed by atoms with Crippen molar-refractivity contribution in [3.63, 3.8) is 0 Å². The number of hydrogen-bond acceptors (Lipinski definition) is 5. The van der Waals surface area contributed by atoms with Gasteiger partial charge in [0.1, 0.15) is 11.7 Å². The number of benzene rings is 1. The van der Waals surface area contributed by atoms with Crippen molar-refractivity contribution in [2.45, 2.75) is 19.4 Å². The van der Waals surface area contributed by atoms with E-state index in [1.165, 1.54) is 11.3 Å². The van der Waals surface area contributed by atoms with Crippen molar-refractivity contribution >= 4 is 23.4 Å². The van der Waals surface area contributed by atoms with E-state index >= 15 is 0 Å². The molecule has 142 valence electrons. The molecule has 5 nitrogen and oxygen atoms in total. The summed E-state index contributed by atoms with van der Waals surface area (Å²) in [6.07, 6.45) is 2.88. The topological polar surface area (TPSA) is 45.7 Å². The zero-order valence-corrected chi connectivity index (χ0v) is 16.5. The van der Waals surface area contributed by atoms with Gasteiger partial charge in [0, 0.05) is 43.8 Å². The highest BCUT2D eigenvalue weighted by molar-refractivity contribution is 7.99. The van der Waals surface area contributed by atoms with Gasteiger partial charge in [0.2, 0.25) is 5.88 Å². The lowest BCUT2D eigenvalue weighted by atomic mass is 10.1. The molecule has 1 amide bonds. The molecule has 0 bridgehead atoms. The fraction of sp³-hybridized carbons (Fsp3) is 0.429. The lowest BCUT2D eigenvalue weighted by molar-refractivity contribution is 0.0738. The predicted molar refractivity (Wildman–Crippen MR) is 110 cm³/mol. The first-order valence-electron chi connectivity index (χ1n) is 9.51. The molecule has 3 heterocycles. The van der Waals surface area contributed by atoms with Crippen LogP contribution in [-0.4, -0.2) is 59.6 Å². The number of ether oxygens (including phenoxy) is 1. The zero-order chi connectivity index (χ0) is 18.6. The maximum atomic E-state index is 13.1. The molecule has 2 saturated heterocycles. The molecule has 0 spiro atoms. The number of aromatic nitrogens is 1. The van der Waals surface area contributed by atoms with Crippen molar-refractivity contribution in [3.8, 4) is 5.88 Å². The van der Waals surface area contributed by atoms with E-state index in [2.05, 4.69) is 41.1 Å². The largest absolute Gasteiger partial charge is 0.473 e. The third kappa shape index (κ3) is 4.21. The van der Waals surface area contributed by atoms with Gasteiger partial charge >= 0.3 is 0 Å². The van der Waals surface area contributed by atoms with Crippen molar-refractivity contribution in [2.24, 2.45) is 0 Å². The quantitative estimate of drug-likeness (QED) is 0.811. The number of anilines is 1. The van der Waals surface area contributed by atoms with E-state index in [9.17, 15) is 4.79 Å². The average Bonchev–Trinajstić information content (AvgIpc) is 3.21. The number of nitrogens with zero attached hydrogens (tertiary/aromatic N) is 3. The number of piperazine rings is 1. The summed E-state index contributed by atoms with van der Waals surface area (Å²) >= 11 is 1.89. The van der Waals surface area contributed by atoms with Crippen LogP contribution in [0.25, 0.3) is 0 Å². The first-order chi connectivity index (χ1) is 13.2. The third-order valence-corrected chi connectivity index (χ3v) is 6.23. The molecule has 0 radical (unpaired) electrons. The fourth-order valence-electron chi connectivity index (χ4n) is 3.57. The Labute approximate surface area is 164 Å². The monoisotopic (exact) mass is 383 g/mol. The Morgan fingerprint density at radius 2 is 2.04 bits per heavy atom. The summed E-state index contributed by atoms with van der Waals surface area (Å²) in [7, 11) is 0. The number of carbonyl (C=O) groups excluding carboxylic acids is 1. The van der Waals surface area contributed by atoms with Gasteiger partial charge in [-0.1, -0.05) is 12.1 Å². The molecule has 27 heavy (non-hydrogen) atoms. The lowest BCUT2D eigenvalue weighted by Crippen LogP contribution is -2.49. The second-order valence-electron chi connectivity index (χ2n) is 7.08. The molecule has 0 aliphatic carbocycles. The standard InChI is InChI=1S/C21H25N3O2S/c1-16-4-2-5-17(14-16)23-9-11-24(12-10-23)21(25)19-6-3-8-22-20(19)26-18-7-13-27-15-18/h2-6,8,14,18H,7,9-13,15H2,1H3. The Morgan fingerprint density at radius 3 is 2.78 bits per heavy atom. The molecule has 0 saturated carbocycles. The minimum Gasteiger partial charge on any atom is -0.473 e. The minimum atomic E-state index is 0.0210. The number of pyridine rings is 1. The number of aryl methyl sites for hydroxylation is 1. The number of carbonyl (C=O) groups is 1. The second kappa shape index (κ2) is 8.21. The van der Waals surface area contributed by atoms with Gasteiger partial charge < -0.3 is 14.5 Å². The highest BCUT2D eigenvalue weighted by atomic mass is 32.2. The summed E-state index contributed by atoms with van der Waals surface area (Å²) in [6, 6.07) is 12.2. The van der Waals surface area contributed by atoms with Crippen LogP contribution in [0.5, 0.6) is 5.88 Å². The van der Waals surface area contributed by atoms with Gasteiger partial charge in [-0.3, -0.25) is 4.79 Å². The Kier molecular flexibility index (Phi) is 5.53. The molecule has 4 rings (SSSR count). The number of rotatable bonds is 4. The molecule has 1 aromatic carbocycles. The Bertz CT molecular complexity index is 800. The van der Waals surface area contributed by atoms with E-state index in [1.807, 2.05) is 28.8 Å². The third-order valence-electron chi connectivity index (χ3n) is 5.10. The van der Waals surface area contributed by atoms with Gasteiger partial charge in [-0.15, -0.1) is 0 Å². The SMILES string of the molecule is Cc1cccc(N2CCN(C(=O)c3cccnc3OC3CCSC3)CC2)c1. The van der Waals surface area contributed by atoms with Gasteiger partial charge in [0.15, 0.2) is 0 Å². The van der Waals surface area contributed by atoms with Gasteiger partial charge in [0.25, 0.3) is 5.91 Å². The second-order valence-corrected chi connectivity index (χ2v) is 8.23. The Morgan fingerprint density at radius 1 is 1.19 bits per heavy atom. The van der Waals surface area contributed by atoms with Crippen molar-refractivity contribution in [3.05, 3.63) is 53.7 Å². The van der Waals surface area contributed by atoms with E-state index in [1.54, 1.807) is 6.20 Å². The summed E-state index contributed by atoms with van der Waals surface area (Å²) in [5, 5.41) is 0. The van der Waals surface area contributed by atoms with Crippen molar-refractivity contribution in [1.82, 2.24) is 9.88 Å². The zero-order valence-electron chi connectivity index (χ0n) is 15.6. The van der Waals surface area contributed by atoms with E-state index in [-0.39, 0.29) is 12.0 Å². The lowest BCUT2D eigenvalue weighted by Gasteiger charge is -2.36. The molecule has 2 aliphatic heterocycles. The highest BCUT2D eigenvalue weighted by Crippen LogP contribution is 2.25. The van der Waals surface area contributed by atoms with Crippen LogP contribution in [0.1, 0.15) is 22.3 Å². The summed E-state index contributed by atoms with van der Waals surface area (Å²) in [5.74, 6) is 2.59. The summed E-state index contributed by atoms with van der Waals surface area (Å²) in [6.45, 7) is 5.20. The summed E-state index contributed by atoms with van der Waals surface area (Å²) < 4.78 is 6.03. The van der Waals surface area contributed by atoms with E-state index < -0.39 is 0 Å². The van der Waals surface area contributed by atoms with Crippen LogP contribution in [0.2, 0.25) is 0 Å². The molecule has 2 aliphatic rings. The first kappa shape index (κ1) is 18.2. The minimum absolute atomic E-state index is 0.0210. The van der Waals surface area contributed by atoms with Gasteiger partial charge in [0.05, 0.1) is 0 Å². The molecular formula is C21H25N3O2S. The van der Waals surface area contributed by atoms with E-state index in [4.69, 9.17) is 4.74 Å². The first-order valence-corrected chi connectivity index (χ1v) is 10.7. The smallest absolute Gasteiger partial charge is 0.259 e. The maximum Gasteiger partial charge on any atom is 0.259 e. The molecule has 2 fully saturated rings. The molecule has 1 unspecified atom stereocenters. The van der Waals surface area contributed by atoms with Crippen molar-refractivity contribution in [1.29, 1.82) is 0 Å². The van der Waals surface area contributed by atoms with Crippen LogP contribution in [-0.2, 0) is 0 Å². The van der Waals surface area contributed by atoms with Gasteiger partial charge in [-0.2, -0.15) is 11.8 Å². The van der Waals surface area contributed by atoms with E-state index in [0.717, 1.165) is 31.0 Å². The van der Waals surface area contributed by atoms with Crippen molar-refractivity contribution < 1.29 is 9.53 Å². The molecule has 1 atom stereocenters. The van der Waals surface area contributed by atoms with Crippen LogP contribution in [0, 0.1) is 6.92 Å². The fourth-order valence-corrected chi connectivity index (χ4v) is 4.67. The molecule has 2 aromatic rings. The number of amides is 1. The van der Waals surface area contributed by atoms with Gasteiger partial charge in [-0.05, 0) is 48.9 Å². The molecule has 1 aromatic heterocycles. The highest BCUT2D eigenvalue weighted by Gasteiger charge is 2.26. The molecule has 6 heteroatoms. The summed E-state index contributed by atoms with van der Waals surface area (Å²) in [5.41, 5.74) is 3.07. The average molecular weight is 384 g/mol. The normalized spacial score (nSPS) is 20.0. The molecular weight excluding hydrogens is 358 g/mol. The molecule has 0 N–H and O–H groups in total. The van der Waals surface area contributed by atoms with Crippen LogP contribution < -0.4 is 9.64 Å². The van der Waals surface area contributed by atoms with Gasteiger partial charge in [-0.25, -0.2) is 4.98 Å². The maximum absolute atomic E-state index is 13.1.